The summed E-state index contributed by atoms with van der Waals surface area (Å²) in [5.74, 6) is 0.691. The van der Waals surface area contributed by atoms with Gasteiger partial charge in [0.25, 0.3) is 0 Å². The maximum Gasteiger partial charge on any atom is 0.175 e. The van der Waals surface area contributed by atoms with E-state index in [1.54, 1.807) is 0 Å². The van der Waals surface area contributed by atoms with Crippen LogP contribution in [0, 0.1) is 0 Å². The third-order valence-electron chi connectivity index (χ3n) is 7.61. The van der Waals surface area contributed by atoms with E-state index in [0.717, 1.165) is 71.8 Å². The maximum atomic E-state index is 5.99. The lowest BCUT2D eigenvalue weighted by atomic mass is 9.97. The van der Waals surface area contributed by atoms with Gasteiger partial charge in [-0.1, -0.05) is 126 Å². The van der Waals surface area contributed by atoms with Gasteiger partial charge in [0.05, 0.1) is 16.8 Å². The summed E-state index contributed by atoms with van der Waals surface area (Å²) in [7, 11) is 0. The number of hydrogen-bond acceptors (Lipinski definition) is 4. The van der Waals surface area contributed by atoms with Crippen LogP contribution in [-0.4, -0.2) is 15.1 Å². The molecular weight excluding hydrogens is 502 g/mol. The van der Waals surface area contributed by atoms with Gasteiger partial charge in [0.2, 0.25) is 0 Å². The van der Waals surface area contributed by atoms with Crippen molar-refractivity contribution in [2.75, 3.05) is 0 Å². The van der Waals surface area contributed by atoms with Crippen LogP contribution in [0.2, 0.25) is 0 Å². The van der Waals surface area contributed by atoms with Crippen molar-refractivity contribution in [2.45, 2.75) is 0 Å². The summed E-state index contributed by atoms with van der Waals surface area (Å²) in [5.41, 5.74) is 7.56. The number of fused-ring (bicyclic) bond motifs is 5. The van der Waals surface area contributed by atoms with Gasteiger partial charge in [0.1, 0.15) is 5.69 Å². The molecule has 41 heavy (non-hydrogen) atoms. The minimum atomic E-state index is 0.691. The van der Waals surface area contributed by atoms with Crippen LogP contribution >= 0.6 is 0 Å². The van der Waals surface area contributed by atoms with Crippen molar-refractivity contribution in [1.82, 2.24) is 15.1 Å². The van der Waals surface area contributed by atoms with Crippen molar-refractivity contribution >= 4 is 32.5 Å². The van der Waals surface area contributed by atoms with Crippen LogP contribution in [0.1, 0.15) is 0 Å². The molecule has 0 bridgehead atoms. The predicted molar refractivity (Wildman–Crippen MR) is 166 cm³/mol. The summed E-state index contributed by atoms with van der Waals surface area (Å²) in [6.45, 7) is 0. The summed E-state index contributed by atoms with van der Waals surface area (Å²) < 4.78 is 5.99. The fourth-order valence-corrected chi connectivity index (χ4v) is 5.58. The van der Waals surface area contributed by atoms with E-state index in [1.165, 1.54) is 0 Å². The van der Waals surface area contributed by atoms with E-state index in [4.69, 9.17) is 14.5 Å². The molecule has 4 nitrogen and oxygen atoms in total. The molecule has 8 aromatic rings. The molecule has 0 unspecified atom stereocenters. The average molecular weight is 526 g/mol. The van der Waals surface area contributed by atoms with Crippen LogP contribution in [-0.2, 0) is 0 Å². The van der Waals surface area contributed by atoms with Gasteiger partial charge in [-0.05, 0) is 34.4 Å². The Morgan fingerprint density at radius 2 is 1.00 bits per heavy atom. The number of rotatable bonds is 4. The van der Waals surface area contributed by atoms with Crippen LogP contribution in [0.5, 0.6) is 0 Å². The third kappa shape index (κ3) is 4.05. The molecule has 0 aliphatic rings. The Morgan fingerprint density at radius 1 is 0.439 bits per heavy atom. The predicted octanol–water partition coefficient (Wildman–Crippen LogP) is 9.59. The molecule has 2 heterocycles. The minimum absolute atomic E-state index is 0.691. The quantitative estimate of drug-likeness (QED) is 0.215. The first-order valence-corrected chi connectivity index (χ1v) is 13.6. The van der Waals surface area contributed by atoms with Gasteiger partial charge in [-0.3, -0.25) is 0 Å². The number of nitrogens with zero attached hydrogens (tertiary/aromatic N) is 3. The fraction of sp³-hybridized carbons (Fsp3) is 0. The molecule has 6 aromatic carbocycles. The first-order valence-electron chi connectivity index (χ1n) is 13.6. The molecule has 4 heteroatoms. The average Bonchev–Trinajstić information content (AvgIpc) is 3.50. The smallest absolute Gasteiger partial charge is 0.175 e. The van der Waals surface area contributed by atoms with E-state index < -0.39 is 0 Å². The van der Waals surface area contributed by atoms with Crippen molar-refractivity contribution in [1.29, 1.82) is 0 Å². The van der Waals surface area contributed by atoms with Crippen LogP contribution < -0.4 is 0 Å². The molecule has 0 fully saturated rings. The van der Waals surface area contributed by atoms with Crippen LogP contribution in [0.15, 0.2) is 144 Å². The normalized spacial score (nSPS) is 11.4. The molecule has 0 saturated heterocycles. The lowest BCUT2D eigenvalue weighted by Crippen LogP contribution is -1.96. The van der Waals surface area contributed by atoms with E-state index in [-0.39, 0.29) is 0 Å². The zero-order chi connectivity index (χ0) is 27.2. The van der Waals surface area contributed by atoms with Crippen LogP contribution in [0.25, 0.3) is 77.7 Å². The topological polar surface area (TPSA) is 51.8 Å². The van der Waals surface area contributed by atoms with Crippen molar-refractivity contribution in [2.24, 2.45) is 0 Å². The molecule has 0 amide bonds. The summed E-state index contributed by atoms with van der Waals surface area (Å²) >= 11 is 0. The highest BCUT2D eigenvalue weighted by atomic mass is 16.5. The molecule has 0 aliphatic carbocycles. The SMILES string of the molecule is c1ccc(-c2cc(-c3ccccc3)nc(-c3ccc4c(ccc5ccc6c(-c7ccccc7)noc6c54)c3)n2)cc1. The molecule has 0 atom stereocenters. The van der Waals surface area contributed by atoms with Gasteiger partial charge in [0.15, 0.2) is 11.4 Å². The van der Waals surface area contributed by atoms with E-state index in [0.29, 0.717) is 5.82 Å². The van der Waals surface area contributed by atoms with E-state index >= 15 is 0 Å². The molecule has 2 aromatic heterocycles. The maximum absolute atomic E-state index is 5.99. The van der Waals surface area contributed by atoms with Gasteiger partial charge >= 0.3 is 0 Å². The molecule has 0 aliphatic heterocycles. The first-order chi connectivity index (χ1) is 20.3. The molecule has 192 valence electrons. The third-order valence-corrected chi connectivity index (χ3v) is 7.61. The minimum Gasteiger partial charge on any atom is -0.355 e. The van der Waals surface area contributed by atoms with Crippen LogP contribution in [0.4, 0.5) is 0 Å². The van der Waals surface area contributed by atoms with Crippen molar-refractivity contribution in [3.8, 4) is 45.2 Å². The van der Waals surface area contributed by atoms with E-state index in [9.17, 15) is 0 Å². The number of hydrogen-bond donors (Lipinski definition) is 0. The summed E-state index contributed by atoms with van der Waals surface area (Å²) in [4.78, 5) is 10.0. The highest BCUT2D eigenvalue weighted by Crippen LogP contribution is 2.38. The van der Waals surface area contributed by atoms with Gasteiger partial charge < -0.3 is 4.52 Å². The lowest BCUT2D eigenvalue weighted by Gasteiger charge is -2.11. The second-order valence-electron chi connectivity index (χ2n) is 10.1. The number of benzene rings is 6. The van der Waals surface area contributed by atoms with Gasteiger partial charge in [-0.15, -0.1) is 0 Å². The van der Waals surface area contributed by atoms with Crippen molar-refractivity contribution in [3.05, 3.63) is 140 Å². The Bertz CT molecular complexity index is 2130. The van der Waals surface area contributed by atoms with Gasteiger partial charge in [-0.2, -0.15) is 0 Å². The first kappa shape index (κ1) is 23.3. The Morgan fingerprint density at radius 3 is 1.66 bits per heavy atom. The highest BCUT2D eigenvalue weighted by molar-refractivity contribution is 6.20. The molecular formula is C37H23N3O. The molecule has 0 saturated carbocycles. The molecule has 0 spiro atoms. The lowest BCUT2D eigenvalue weighted by molar-refractivity contribution is 0.462. The van der Waals surface area contributed by atoms with Crippen molar-refractivity contribution < 1.29 is 4.52 Å². The second-order valence-corrected chi connectivity index (χ2v) is 10.1. The Balaban J connectivity index is 1.31. The van der Waals surface area contributed by atoms with Gasteiger partial charge in [0, 0.05) is 27.6 Å². The zero-order valence-electron chi connectivity index (χ0n) is 22.0. The molecule has 0 radical (unpaired) electrons. The molecule has 0 N–H and O–H groups in total. The van der Waals surface area contributed by atoms with Gasteiger partial charge in [-0.25, -0.2) is 9.97 Å². The second kappa shape index (κ2) is 9.54. The highest BCUT2D eigenvalue weighted by Gasteiger charge is 2.16. The largest absolute Gasteiger partial charge is 0.355 e. The van der Waals surface area contributed by atoms with E-state index in [1.807, 2.05) is 54.6 Å². The summed E-state index contributed by atoms with van der Waals surface area (Å²) in [5, 5.41) is 9.85. The summed E-state index contributed by atoms with van der Waals surface area (Å²) in [6.07, 6.45) is 0. The zero-order valence-corrected chi connectivity index (χ0v) is 22.0. The number of aromatic nitrogens is 3. The molecule has 8 rings (SSSR count). The standard InChI is InChI=1S/C37H23N3O/c1-4-10-24(11-5-1)32-23-33(25-12-6-2-7-13-25)39-37(38-32)29-19-20-30-28(22-29)17-16-26-18-21-31-35(27-14-8-3-9-15-27)40-41-36(31)34(26)30/h1-23H. The Labute approximate surface area is 236 Å². The Hall–Kier alpha value is -5.61. The van der Waals surface area contributed by atoms with E-state index in [2.05, 4.69) is 90.1 Å². The Kier molecular flexibility index (Phi) is 5.42. The van der Waals surface area contributed by atoms with Crippen LogP contribution in [0.3, 0.4) is 0 Å². The van der Waals surface area contributed by atoms with Crippen molar-refractivity contribution in [3.63, 3.8) is 0 Å². The fourth-order valence-electron chi connectivity index (χ4n) is 5.58. The monoisotopic (exact) mass is 525 g/mol. The summed E-state index contributed by atoms with van der Waals surface area (Å²) in [6, 6.07) is 47.7.